The van der Waals surface area contributed by atoms with Crippen molar-refractivity contribution >= 4 is 6.09 Å². The van der Waals surface area contributed by atoms with Gasteiger partial charge in [-0.3, -0.25) is 4.90 Å². The molecule has 0 bridgehead atoms. The van der Waals surface area contributed by atoms with Crippen molar-refractivity contribution in [1.82, 2.24) is 9.47 Å². The van der Waals surface area contributed by atoms with Gasteiger partial charge >= 0.3 is 12.3 Å². The fraction of sp³-hybridized carbons (Fsp3) is 0.615. The molecule has 1 aromatic heterocycles. The van der Waals surface area contributed by atoms with E-state index in [2.05, 4.69) is 0 Å². The van der Waals surface area contributed by atoms with Crippen LogP contribution < -0.4 is 0 Å². The van der Waals surface area contributed by atoms with Crippen molar-refractivity contribution in [3.05, 3.63) is 24.0 Å². The van der Waals surface area contributed by atoms with Crippen molar-refractivity contribution < 1.29 is 22.7 Å². The van der Waals surface area contributed by atoms with Gasteiger partial charge in [-0.1, -0.05) is 0 Å². The number of alkyl halides is 3. The largest absolute Gasteiger partial charge is 0.444 e. The number of fused-ring (bicyclic) bond motifs is 1. The zero-order valence-electron chi connectivity index (χ0n) is 11.6. The summed E-state index contributed by atoms with van der Waals surface area (Å²) in [4.78, 5) is 12.7. The van der Waals surface area contributed by atoms with E-state index in [9.17, 15) is 18.0 Å². The summed E-state index contributed by atoms with van der Waals surface area (Å²) in [5, 5.41) is 0. The number of hydrogen-bond acceptors (Lipinski definition) is 2. The van der Waals surface area contributed by atoms with E-state index in [1.165, 1.54) is 10.6 Å². The van der Waals surface area contributed by atoms with Crippen molar-refractivity contribution in [1.29, 1.82) is 0 Å². The summed E-state index contributed by atoms with van der Waals surface area (Å²) < 4.78 is 46.4. The second kappa shape index (κ2) is 4.71. The maximum Gasteiger partial charge on any atom is 0.414 e. The van der Waals surface area contributed by atoms with Gasteiger partial charge in [0.2, 0.25) is 0 Å². The number of nitrogens with zero attached hydrogens (tertiary/aromatic N) is 2. The zero-order chi connectivity index (χ0) is 15.1. The highest BCUT2D eigenvalue weighted by atomic mass is 19.4. The molecule has 0 spiro atoms. The van der Waals surface area contributed by atoms with Crippen molar-refractivity contribution in [3.8, 4) is 0 Å². The van der Waals surface area contributed by atoms with E-state index in [1.807, 2.05) is 0 Å². The predicted molar refractivity (Wildman–Crippen MR) is 66.2 cm³/mol. The average molecular weight is 290 g/mol. The molecule has 1 atom stereocenters. The molecule has 0 saturated carbocycles. The summed E-state index contributed by atoms with van der Waals surface area (Å²) in [6.07, 6.45) is -3.89. The van der Waals surface area contributed by atoms with E-state index in [-0.39, 0.29) is 12.2 Å². The van der Waals surface area contributed by atoms with Crippen LogP contribution in [0.25, 0.3) is 0 Å². The van der Waals surface area contributed by atoms with Crippen LogP contribution in [0.2, 0.25) is 0 Å². The first-order chi connectivity index (χ1) is 9.09. The first-order valence-corrected chi connectivity index (χ1v) is 6.31. The van der Waals surface area contributed by atoms with Gasteiger partial charge in [-0.25, -0.2) is 4.79 Å². The second-order valence-corrected chi connectivity index (χ2v) is 5.74. The maximum atomic E-state index is 13.3. The molecule has 2 rings (SSSR count). The van der Waals surface area contributed by atoms with Crippen LogP contribution in [0.4, 0.5) is 18.0 Å². The predicted octanol–water partition coefficient (Wildman–Crippen LogP) is 3.34. The minimum atomic E-state index is -4.53. The molecule has 112 valence electrons. The SMILES string of the molecule is CC(C)(C)OC(=O)N1CCn2cccc2C1C(F)(F)F. The smallest absolute Gasteiger partial charge is 0.414 e. The minimum Gasteiger partial charge on any atom is -0.444 e. The van der Waals surface area contributed by atoms with Gasteiger partial charge in [0.15, 0.2) is 6.04 Å². The molecule has 7 heteroatoms. The number of aromatic nitrogens is 1. The topological polar surface area (TPSA) is 34.5 Å². The molecule has 1 aliphatic rings. The summed E-state index contributed by atoms with van der Waals surface area (Å²) in [5.74, 6) is 0. The van der Waals surface area contributed by atoms with Crippen LogP contribution in [-0.2, 0) is 11.3 Å². The van der Waals surface area contributed by atoms with Crippen molar-refractivity contribution in [2.45, 2.75) is 45.1 Å². The van der Waals surface area contributed by atoms with E-state index in [4.69, 9.17) is 4.74 Å². The molecule has 0 aliphatic carbocycles. The average Bonchev–Trinajstić information content (AvgIpc) is 2.71. The lowest BCUT2D eigenvalue weighted by Crippen LogP contribution is -2.49. The van der Waals surface area contributed by atoms with Crippen LogP contribution in [0.15, 0.2) is 18.3 Å². The minimum absolute atomic E-state index is 0.0270. The fourth-order valence-electron chi connectivity index (χ4n) is 2.25. The lowest BCUT2D eigenvalue weighted by molar-refractivity contribution is -0.188. The quantitative estimate of drug-likeness (QED) is 0.734. The van der Waals surface area contributed by atoms with E-state index in [0.717, 1.165) is 4.90 Å². The highest BCUT2D eigenvalue weighted by molar-refractivity contribution is 5.69. The molecule has 2 heterocycles. The molecular formula is C13H17F3N2O2. The molecule has 20 heavy (non-hydrogen) atoms. The Labute approximate surface area is 115 Å². The van der Waals surface area contributed by atoms with Crippen molar-refractivity contribution in [2.24, 2.45) is 0 Å². The summed E-state index contributed by atoms with van der Waals surface area (Å²) in [6, 6.07) is 0.975. The van der Waals surface area contributed by atoms with Gasteiger partial charge in [-0.2, -0.15) is 13.2 Å². The Kier molecular flexibility index (Phi) is 3.47. The normalized spacial score (nSPS) is 19.7. The summed E-state index contributed by atoms with van der Waals surface area (Å²) in [5.41, 5.74) is -0.762. The van der Waals surface area contributed by atoms with Gasteiger partial charge in [0.1, 0.15) is 5.60 Å². The molecule has 0 saturated heterocycles. The second-order valence-electron chi connectivity index (χ2n) is 5.74. The fourth-order valence-corrected chi connectivity index (χ4v) is 2.25. The number of carbonyl (C=O) groups is 1. The van der Waals surface area contributed by atoms with Crippen LogP contribution in [0.5, 0.6) is 0 Å². The number of amides is 1. The maximum absolute atomic E-state index is 13.3. The van der Waals surface area contributed by atoms with Gasteiger partial charge in [-0.15, -0.1) is 0 Å². The monoisotopic (exact) mass is 290 g/mol. The molecule has 1 amide bonds. The number of rotatable bonds is 0. The van der Waals surface area contributed by atoms with Gasteiger partial charge in [0, 0.05) is 25.0 Å². The first-order valence-electron chi connectivity index (χ1n) is 6.31. The van der Waals surface area contributed by atoms with Gasteiger partial charge < -0.3 is 9.30 Å². The number of hydrogen-bond donors (Lipinski definition) is 0. The molecule has 1 aliphatic heterocycles. The third-order valence-corrected chi connectivity index (χ3v) is 2.98. The van der Waals surface area contributed by atoms with Crippen molar-refractivity contribution in [2.75, 3.05) is 6.54 Å². The number of halogens is 3. The Morgan fingerprint density at radius 3 is 2.50 bits per heavy atom. The third kappa shape index (κ3) is 2.91. The van der Waals surface area contributed by atoms with Crippen LogP contribution in [0, 0.1) is 0 Å². The molecule has 0 N–H and O–H groups in total. The number of carbonyl (C=O) groups excluding carboxylic acids is 1. The third-order valence-electron chi connectivity index (χ3n) is 2.98. The van der Waals surface area contributed by atoms with Gasteiger partial charge in [0.25, 0.3) is 0 Å². The van der Waals surface area contributed by atoms with Crippen molar-refractivity contribution in [3.63, 3.8) is 0 Å². The summed E-state index contributed by atoms with van der Waals surface area (Å²) in [6.45, 7) is 5.18. The van der Waals surface area contributed by atoms with Gasteiger partial charge in [0.05, 0.1) is 0 Å². The van der Waals surface area contributed by atoms with E-state index < -0.39 is 23.9 Å². The van der Waals surface area contributed by atoms with E-state index >= 15 is 0 Å². The highest BCUT2D eigenvalue weighted by Gasteiger charge is 2.50. The van der Waals surface area contributed by atoms with Crippen LogP contribution >= 0.6 is 0 Å². The molecule has 0 radical (unpaired) electrons. The Hall–Kier alpha value is -1.66. The molecule has 0 fully saturated rings. The highest BCUT2D eigenvalue weighted by Crippen LogP contribution is 2.40. The molecular weight excluding hydrogens is 273 g/mol. The molecule has 1 unspecified atom stereocenters. The molecule has 1 aromatic rings. The summed E-state index contributed by atoms with van der Waals surface area (Å²) >= 11 is 0. The lowest BCUT2D eigenvalue weighted by atomic mass is 10.1. The number of ether oxygens (including phenoxy) is 1. The zero-order valence-corrected chi connectivity index (χ0v) is 11.6. The van der Waals surface area contributed by atoms with E-state index in [1.54, 1.807) is 33.0 Å². The molecule has 0 aromatic carbocycles. The Morgan fingerprint density at radius 1 is 1.30 bits per heavy atom. The van der Waals surface area contributed by atoms with Crippen LogP contribution in [-0.4, -0.2) is 33.9 Å². The first kappa shape index (κ1) is 14.7. The molecule has 4 nitrogen and oxygen atoms in total. The van der Waals surface area contributed by atoms with Crippen LogP contribution in [0.1, 0.15) is 32.5 Å². The lowest BCUT2D eigenvalue weighted by Gasteiger charge is -2.38. The Bertz CT molecular complexity index is 502. The van der Waals surface area contributed by atoms with E-state index in [0.29, 0.717) is 6.54 Å². The summed E-state index contributed by atoms with van der Waals surface area (Å²) in [7, 11) is 0. The standard InChI is InChI=1S/C13H17F3N2O2/c1-12(2,3)20-11(19)18-8-7-17-6-4-5-9(17)10(18)13(14,15)16/h4-6,10H,7-8H2,1-3H3. The Balaban J connectivity index is 2.32. The van der Waals surface area contributed by atoms with Gasteiger partial charge in [-0.05, 0) is 32.9 Å². The Morgan fingerprint density at radius 2 is 1.95 bits per heavy atom. The van der Waals surface area contributed by atoms with Crippen LogP contribution in [0.3, 0.4) is 0 Å².